The van der Waals surface area contributed by atoms with Gasteiger partial charge in [0.05, 0.1) is 0 Å². The molecule has 27 heavy (non-hydrogen) atoms. The third-order valence-corrected chi connectivity index (χ3v) is 4.37. The molecule has 148 valence electrons. The van der Waals surface area contributed by atoms with Crippen LogP contribution in [0.15, 0.2) is 40.3 Å². The molecule has 1 aromatic rings. The standard InChI is InChI=1S/C17H17F6N3O/c18-16(19,20)15(17(21,22)23)24-13(11-12-7-3-1-4-8-12)27-14(25-15)26-9-5-2-6-10-26/h1,3-4,7-8H,2,5-6,9-11H2. The number of rotatable bonds is 2. The van der Waals surface area contributed by atoms with E-state index in [1.807, 2.05) is 0 Å². The van der Waals surface area contributed by atoms with Crippen LogP contribution in [0.4, 0.5) is 26.3 Å². The molecule has 0 amide bonds. The lowest BCUT2D eigenvalue weighted by Gasteiger charge is -2.37. The predicted molar refractivity (Wildman–Crippen MR) is 86.4 cm³/mol. The molecule has 1 saturated heterocycles. The summed E-state index contributed by atoms with van der Waals surface area (Å²) in [4.78, 5) is 7.20. The zero-order chi connectivity index (χ0) is 19.7. The van der Waals surface area contributed by atoms with Crippen molar-refractivity contribution in [1.82, 2.24) is 4.90 Å². The summed E-state index contributed by atoms with van der Waals surface area (Å²) in [5, 5.41) is 0. The van der Waals surface area contributed by atoms with E-state index in [1.165, 1.54) is 4.90 Å². The monoisotopic (exact) mass is 393 g/mol. The first-order valence-electron chi connectivity index (χ1n) is 8.41. The fraction of sp³-hybridized carbons (Fsp3) is 0.529. The SMILES string of the molecule is FC(F)(F)C1(C(F)(F)F)N=C(Cc2ccccc2)OC(N2CCCCC2)=N1. The zero-order valence-electron chi connectivity index (χ0n) is 14.1. The quantitative estimate of drug-likeness (QED) is 0.702. The van der Waals surface area contributed by atoms with Gasteiger partial charge in [-0.25, -0.2) is 4.99 Å². The van der Waals surface area contributed by atoms with Crippen molar-refractivity contribution in [3.05, 3.63) is 35.9 Å². The first-order chi connectivity index (χ1) is 12.6. The third kappa shape index (κ3) is 3.89. The molecule has 0 N–H and O–H groups in total. The summed E-state index contributed by atoms with van der Waals surface area (Å²) in [7, 11) is 0. The second kappa shape index (κ2) is 7.05. The largest absolute Gasteiger partial charge is 0.443 e. The highest BCUT2D eigenvalue weighted by Crippen LogP contribution is 2.48. The minimum atomic E-state index is -5.75. The number of aliphatic imine (C=N–C) groups is 2. The number of amidine groups is 1. The van der Waals surface area contributed by atoms with E-state index in [0.717, 1.165) is 6.42 Å². The van der Waals surface area contributed by atoms with Crippen LogP contribution in [0.1, 0.15) is 24.8 Å². The van der Waals surface area contributed by atoms with Gasteiger partial charge in [0.25, 0.3) is 6.02 Å². The molecule has 0 radical (unpaired) electrons. The minimum absolute atomic E-state index is 0.281. The minimum Gasteiger partial charge on any atom is -0.411 e. The third-order valence-electron chi connectivity index (χ3n) is 4.37. The van der Waals surface area contributed by atoms with Crippen LogP contribution in [0.5, 0.6) is 0 Å². The molecule has 0 saturated carbocycles. The number of nitrogens with zero attached hydrogens (tertiary/aromatic N) is 3. The maximum absolute atomic E-state index is 13.5. The van der Waals surface area contributed by atoms with E-state index in [0.29, 0.717) is 18.4 Å². The number of ether oxygens (including phenoxy) is 1. The predicted octanol–water partition coefficient (Wildman–Crippen LogP) is 4.32. The zero-order valence-corrected chi connectivity index (χ0v) is 14.1. The fourth-order valence-electron chi connectivity index (χ4n) is 2.98. The number of benzene rings is 1. The van der Waals surface area contributed by atoms with Crippen LogP contribution >= 0.6 is 0 Å². The summed E-state index contributed by atoms with van der Waals surface area (Å²) in [6, 6.07) is 7.40. The van der Waals surface area contributed by atoms with Gasteiger partial charge in [-0.15, -0.1) is 0 Å². The summed E-state index contributed by atoms with van der Waals surface area (Å²) in [6.45, 7) is 0.562. The van der Waals surface area contributed by atoms with Crippen molar-refractivity contribution >= 4 is 11.9 Å². The van der Waals surface area contributed by atoms with Crippen LogP contribution in [0.25, 0.3) is 0 Å². The molecular formula is C17H17F6N3O. The first-order valence-corrected chi connectivity index (χ1v) is 8.41. The molecule has 2 aliphatic heterocycles. The van der Waals surface area contributed by atoms with Crippen LogP contribution in [-0.4, -0.2) is 47.9 Å². The Morgan fingerprint density at radius 3 is 2.04 bits per heavy atom. The highest BCUT2D eigenvalue weighted by Gasteiger charge is 2.74. The Kier molecular flexibility index (Phi) is 5.09. The van der Waals surface area contributed by atoms with Gasteiger partial charge in [0, 0.05) is 19.5 Å². The van der Waals surface area contributed by atoms with Crippen LogP contribution in [0.2, 0.25) is 0 Å². The number of alkyl halides is 6. The van der Waals surface area contributed by atoms with E-state index in [-0.39, 0.29) is 19.5 Å². The van der Waals surface area contributed by atoms with E-state index >= 15 is 0 Å². The summed E-state index contributed by atoms with van der Waals surface area (Å²) in [5.41, 5.74) is -4.08. The first kappa shape index (κ1) is 19.5. The van der Waals surface area contributed by atoms with Gasteiger partial charge >= 0.3 is 18.0 Å². The highest BCUT2D eigenvalue weighted by molar-refractivity contribution is 5.93. The Balaban J connectivity index is 2.05. The van der Waals surface area contributed by atoms with E-state index in [9.17, 15) is 26.3 Å². The van der Waals surface area contributed by atoms with Gasteiger partial charge in [0.2, 0.25) is 5.90 Å². The lowest BCUT2D eigenvalue weighted by molar-refractivity contribution is -0.293. The molecule has 0 aliphatic carbocycles. The molecule has 3 rings (SSSR count). The van der Waals surface area contributed by atoms with Crippen molar-refractivity contribution in [3.63, 3.8) is 0 Å². The Morgan fingerprint density at radius 2 is 1.48 bits per heavy atom. The van der Waals surface area contributed by atoms with E-state index in [4.69, 9.17) is 4.74 Å². The maximum Gasteiger partial charge on any atom is 0.443 e. The summed E-state index contributed by atoms with van der Waals surface area (Å²) in [6.07, 6.45) is -9.69. The van der Waals surface area contributed by atoms with Crippen molar-refractivity contribution in [3.8, 4) is 0 Å². The van der Waals surface area contributed by atoms with Gasteiger partial charge in [-0.3, -0.25) is 0 Å². The van der Waals surface area contributed by atoms with Crippen molar-refractivity contribution in [1.29, 1.82) is 0 Å². The molecule has 1 fully saturated rings. The van der Waals surface area contributed by atoms with Gasteiger partial charge in [0.15, 0.2) is 0 Å². The average molecular weight is 393 g/mol. The van der Waals surface area contributed by atoms with Crippen LogP contribution in [0, 0.1) is 0 Å². The van der Waals surface area contributed by atoms with Gasteiger partial charge in [-0.2, -0.15) is 31.3 Å². The number of halogens is 6. The fourth-order valence-corrected chi connectivity index (χ4v) is 2.98. The molecular weight excluding hydrogens is 376 g/mol. The van der Waals surface area contributed by atoms with Gasteiger partial charge < -0.3 is 9.64 Å². The van der Waals surface area contributed by atoms with Gasteiger partial charge in [-0.05, 0) is 24.8 Å². The van der Waals surface area contributed by atoms with E-state index < -0.39 is 29.9 Å². The molecule has 10 heteroatoms. The van der Waals surface area contributed by atoms with Gasteiger partial charge in [0.1, 0.15) is 0 Å². The molecule has 0 bridgehead atoms. The lowest BCUT2D eigenvalue weighted by atomic mass is 10.1. The Labute approximate surface area is 151 Å². The normalized spacial score (nSPS) is 20.6. The summed E-state index contributed by atoms with van der Waals surface area (Å²) >= 11 is 0. The molecule has 0 aromatic heterocycles. The number of likely N-dealkylation sites (tertiary alicyclic amines) is 1. The van der Waals surface area contributed by atoms with Crippen molar-refractivity contribution < 1.29 is 31.1 Å². The molecule has 0 atom stereocenters. The number of hydrogen-bond donors (Lipinski definition) is 0. The molecule has 2 heterocycles. The average Bonchev–Trinajstić information content (AvgIpc) is 2.61. The van der Waals surface area contributed by atoms with E-state index in [2.05, 4.69) is 9.98 Å². The lowest BCUT2D eigenvalue weighted by Crippen LogP contribution is -2.58. The van der Waals surface area contributed by atoms with Crippen molar-refractivity contribution in [2.45, 2.75) is 43.7 Å². The summed E-state index contributed by atoms with van der Waals surface area (Å²) < 4.78 is 86.5. The van der Waals surface area contributed by atoms with Crippen LogP contribution in [-0.2, 0) is 11.2 Å². The van der Waals surface area contributed by atoms with E-state index in [1.54, 1.807) is 30.3 Å². The van der Waals surface area contributed by atoms with Crippen molar-refractivity contribution in [2.24, 2.45) is 9.98 Å². The smallest absolute Gasteiger partial charge is 0.411 e. The molecule has 0 spiro atoms. The van der Waals surface area contributed by atoms with Gasteiger partial charge in [-0.1, -0.05) is 30.3 Å². The Morgan fingerprint density at radius 1 is 0.889 bits per heavy atom. The maximum atomic E-state index is 13.5. The molecule has 2 aliphatic rings. The highest BCUT2D eigenvalue weighted by atomic mass is 19.4. The molecule has 0 unspecified atom stereocenters. The summed E-state index contributed by atoms with van der Waals surface area (Å²) in [5.74, 6) is -0.661. The number of piperidine rings is 1. The number of hydrogen-bond acceptors (Lipinski definition) is 4. The Hall–Kier alpha value is -2.26. The second-order valence-corrected chi connectivity index (χ2v) is 6.38. The Bertz CT molecular complexity index is 706. The second-order valence-electron chi connectivity index (χ2n) is 6.38. The molecule has 4 nitrogen and oxygen atoms in total. The van der Waals surface area contributed by atoms with Crippen LogP contribution in [0.3, 0.4) is 0 Å². The van der Waals surface area contributed by atoms with Crippen LogP contribution < -0.4 is 0 Å². The van der Waals surface area contributed by atoms with Crippen molar-refractivity contribution in [2.75, 3.05) is 13.1 Å². The topological polar surface area (TPSA) is 37.2 Å². The molecule has 1 aromatic carbocycles.